The largest absolute Gasteiger partial charge is 0.367 e. The number of benzene rings is 2. The molecule has 2 N–H and O–H groups in total. The van der Waals surface area contributed by atoms with Crippen molar-refractivity contribution in [3.05, 3.63) is 62.9 Å². The maximum atomic E-state index is 12.2. The summed E-state index contributed by atoms with van der Waals surface area (Å²) in [6, 6.07) is 10.5. The topological polar surface area (TPSA) is 84.2 Å². The van der Waals surface area contributed by atoms with E-state index in [1.807, 2.05) is 11.3 Å². The van der Waals surface area contributed by atoms with Crippen molar-refractivity contribution in [2.75, 3.05) is 18.4 Å². The monoisotopic (exact) mass is 476 g/mol. The van der Waals surface area contributed by atoms with Gasteiger partial charge in [0.25, 0.3) is 5.91 Å². The Balaban J connectivity index is 1.38. The number of halogens is 3. The number of anilines is 1. The molecule has 10 heteroatoms. The molecule has 0 saturated heterocycles. The van der Waals surface area contributed by atoms with Crippen molar-refractivity contribution in [1.82, 2.24) is 24.9 Å². The van der Waals surface area contributed by atoms with E-state index in [1.54, 1.807) is 36.4 Å². The number of fused-ring (bicyclic) bond motifs is 3. The predicted octanol–water partition coefficient (Wildman–Crippen LogP) is 5.17. The molecule has 1 amide bonds. The SMILES string of the molecule is Cc1nnc2c(NCCCCNC(=O)c3ccccc3Cl)nc3cc(Cl)c(Cl)cc3n12. The van der Waals surface area contributed by atoms with E-state index in [4.69, 9.17) is 34.8 Å². The van der Waals surface area contributed by atoms with Gasteiger partial charge >= 0.3 is 0 Å². The average Bonchev–Trinajstić information content (AvgIpc) is 3.14. The second-order valence-electron chi connectivity index (χ2n) is 6.99. The fraction of sp³-hybridized carbons (Fsp3) is 0.238. The second kappa shape index (κ2) is 9.26. The van der Waals surface area contributed by atoms with Crippen molar-refractivity contribution in [3.8, 4) is 0 Å². The minimum absolute atomic E-state index is 0.175. The molecule has 0 aliphatic heterocycles. The van der Waals surface area contributed by atoms with Crippen LogP contribution in [0.25, 0.3) is 16.7 Å². The first-order valence-corrected chi connectivity index (χ1v) is 10.9. The molecule has 0 fully saturated rings. The quantitative estimate of drug-likeness (QED) is 0.359. The first kappa shape index (κ1) is 21.6. The summed E-state index contributed by atoms with van der Waals surface area (Å²) >= 11 is 18.4. The Kier molecular flexibility index (Phi) is 6.46. The number of amides is 1. The zero-order valence-electron chi connectivity index (χ0n) is 16.6. The van der Waals surface area contributed by atoms with Crippen LogP contribution in [0.4, 0.5) is 5.82 Å². The van der Waals surface area contributed by atoms with Gasteiger partial charge in [0, 0.05) is 13.1 Å². The Labute approximate surface area is 193 Å². The average molecular weight is 478 g/mol. The lowest BCUT2D eigenvalue weighted by Crippen LogP contribution is -2.25. The van der Waals surface area contributed by atoms with Gasteiger partial charge in [-0.05, 0) is 44.0 Å². The first-order valence-electron chi connectivity index (χ1n) is 9.73. The number of nitrogens with zero attached hydrogens (tertiary/aromatic N) is 4. The van der Waals surface area contributed by atoms with E-state index in [9.17, 15) is 4.79 Å². The highest BCUT2D eigenvalue weighted by Crippen LogP contribution is 2.29. The van der Waals surface area contributed by atoms with Gasteiger partial charge in [0.2, 0.25) is 5.65 Å². The zero-order chi connectivity index (χ0) is 22.0. The van der Waals surface area contributed by atoms with Crippen LogP contribution < -0.4 is 10.6 Å². The molecule has 0 atom stereocenters. The Morgan fingerprint density at radius 1 is 1.00 bits per heavy atom. The van der Waals surface area contributed by atoms with Gasteiger partial charge in [-0.1, -0.05) is 46.9 Å². The molecule has 0 aliphatic carbocycles. The number of carbonyl (C=O) groups is 1. The highest BCUT2D eigenvalue weighted by atomic mass is 35.5. The van der Waals surface area contributed by atoms with Gasteiger partial charge in [0.05, 0.1) is 31.7 Å². The minimum atomic E-state index is -0.175. The summed E-state index contributed by atoms with van der Waals surface area (Å²) in [5.41, 5.74) is 2.58. The molecule has 0 unspecified atom stereocenters. The molecular formula is C21H19Cl3N6O. The molecule has 2 aromatic carbocycles. The maximum absolute atomic E-state index is 12.2. The van der Waals surface area contributed by atoms with Gasteiger partial charge in [-0.3, -0.25) is 9.20 Å². The third kappa shape index (κ3) is 4.54. The van der Waals surface area contributed by atoms with E-state index < -0.39 is 0 Å². The molecule has 2 heterocycles. The lowest BCUT2D eigenvalue weighted by atomic mass is 10.2. The van der Waals surface area contributed by atoms with Crippen LogP contribution in [0, 0.1) is 6.92 Å². The van der Waals surface area contributed by atoms with E-state index in [2.05, 4.69) is 25.8 Å². The van der Waals surface area contributed by atoms with E-state index in [0.29, 0.717) is 50.7 Å². The van der Waals surface area contributed by atoms with Crippen LogP contribution in [0.1, 0.15) is 29.0 Å². The van der Waals surface area contributed by atoms with Crippen LogP contribution in [0.15, 0.2) is 36.4 Å². The van der Waals surface area contributed by atoms with Gasteiger partial charge in [0.1, 0.15) is 5.82 Å². The molecule has 0 bridgehead atoms. The first-order chi connectivity index (χ1) is 15.0. The van der Waals surface area contributed by atoms with Gasteiger partial charge in [-0.2, -0.15) is 0 Å². The maximum Gasteiger partial charge on any atom is 0.252 e. The number of aromatic nitrogens is 4. The van der Waals surface area contributed by atoms with Crippen LogP contribution in [0.5, 0.6) is 0 Å². The van der Waals surface area contributed by atoms with E-state index >= 15 is 0 Å². The number of carbonyl (C=O) groups excluding carboxylic acids is 1. The van der Waals surface area contributed by atoms with Crippen LogP contribution >= 0.6 is 34.8 Å². The standard InChI is InChI=1S/C21H19Cl3N6O/c1-12-28-29-20-19(27-17-10-15(23)16(24)11-18(17)30(12)20)25-8-4-5-9-26-21(31)13-6-2-3-7-14(13)22/h2-3,6-7,10-11H,4-5,8-9H2,1H3,(H,25,27)(H,26,31). The number of hydrogen-bond donors (Lipinski definition) is 2. The van der Waals surface area contributed by atoms with Gasteiger partial charge in [-0.25, -0.2) is 4.98 Å². The predicted molar refractivity (Wildman–Crippen MR) is 125 cm³/mol. The van der Waals surface area contributed by atoms with E-state index in [1.165, 1.54) is 0 Å². The van der Waals surface area contributed by atoms with Gasteiger partial charge in [0.15, 0.2) is 5.82 Å². The van der Waals surface area contributed by atoms with Gasteiger partial charge in [-0.15, -0.1) is 10.2 Å². The van der Waals surface area contributed by atoms with Crippen LogP contribution in [0.2, 0.25) is 15.1 Å². The molecular weight excluding hydrogens is 459 g/mol. The number of aryl methyl sites for hydroxylation is 1. The fourth-order valence-corrected chi connectivity index (χ4v) is 3.82. The Bertz CT molecular complexity index is 1270. The Hall–Kier alpha value is -2.61. The Morgan fingerprint density at radius 3 is 2.55 bits per heavy atom. The molecule has 31 heavy (non-hydrogen) atoms. The third-order valence-electron chi connectivity index (χ3n) is 4.83. The summed E-state index contributed by atoms with van der Waals surface area (Å²) in [7, 11) is 0. The van der Waals surface area contributed by atoms with Gasteiger partial charge < -0.3 is 10.6 Å². The molecule has 0 aliphatic rings. The summed E-state index contributed by atoms with van der Waals surface area (Å²) in [6.45, 7) is 3.07. The Morgan fingerprint density at radius 2 is 1.74 bits per heavy atom. The van der Waals surface area contributed by atoms with E-state index in [0.717, 1.165) is 24.2 Å². The fourth-order valence-electron chi connectivity index (χ4n) is 3.29. The lowest BCUT2D eigenvalue weighted by Gasteiger charge is -2.11. The van der Waals surface area contributed by atoms with Crippen molar-refractivity contribution in [3.63, 3.8) is 0 Å². The van der Waals surface area contributed by atoms with E-state index in [-0.39, 0.29) is 5.91 Å². The highest BCUT2D eigenvalue weighted by molar-refractivity contribution is 6.42. The third-order valence-corrected chi connectivity index (χ3v) is 5.88. The van der Waals surface area contributed by atoms with Crippen molar-refractivity contribution in [1.29, 1.82) is 0 Å². The van der Waals surface area contributed by atoms with Crippen LogP contribution in [-0.4, -0.2) is 38.6 Å². The number of unbranched alkanes of at least 4 members (excludes halogenated alkanes) is 1. The molecule has 4 rings (SSSR count). The molecule has 0 spiro atoms. The summed E-state index contributed by atoms with van der Waals surface area (Å²) in [5, 5.41) is 15.9. The number of hydrogen-bond acceptors (Lipinski definition) is 5. The number of nitrogens with one attached hydrogen (secondary N) is 2. The zero-order valence-corrected chi connectivity index (χ0v) is 18.9. The van der Waals surface area contributed by atoms with Crippen molar-refractivity contribution in [2.45, 2.75) is 19.8 Å². The molecule has 0 saturated carbocycles. The highest BCUT2D eigenvalue weighted by Gasteiger charge is 2.14. The second-order valence-corrected chi connectivity index (χ2v) is 8.21. The van der Waals surface area contributed by atoms with Crippen LogP contribution in [0.3, 0.4) is 0 Å². The summed E-state index contributed by atoms with van der Waals surface area (Å²) in [4.78, 5) is 16.8. The van der Waals surface area contributed by atoms with Crippen molar-refractivity contribution in [2.24, 2.45) is 0 Å². The summed E-state index contributed by atoms with van der Waals surface area (Å²) < 4.78 is 1.90. The normalized spacial score (nSPS) is 11.2. The summed E-state index contributed by atoms with van der Waals surface area (Å²) in [6.07, 6.45) is 1.61. The molecule has 0 radical (unpaired) electrons. The molecule has 7 nitrogen and oxygen atoms in total. The summed E-state index contributed by atoms with van der Waals surface area (Å²) in [5.74, 6) is 1.17. The minimum Gasteiger partial charge on any atom is -0.367 e. The molecule has 2 aromatic heterocycles. The van der Waals surface area contributed by atoms with Crippen LogP contribution in [-0.2, 0) is 0 Å². The lowest BCUT2D eigenvalue weighted by molar-refractivity contribution is 0.0953. The number of rotatable bonds is 7. The van der Waals surface area contributed by atoms with Crippen molar-refractivity contribution >= 4 is 63.2 Å². The molecule has 160 valence electrons. The van der Waals surface area contributed by atoms with Crippen molar-refractivity contribution < 1.29 is 4.79 Å². The molecule has 4 aromatic rings. The smallest absolute Gasteiger partial charge is 0.252 e.